The smallest absolute Gasteiger partial charge is 0.378 e. The second kappa shape index (κ2) is 14.8. The Morgan fingerprint density at radius 3 is 1.71 bits per heavy atom. The molecule has 0 amide bonds. The average molecular weight is 571 g/mol. The summed E-state index contributed by atoms with van der Waals surface area (Å²) < 4.78 is 123. The molecule has 0 heterocycles. The first-order valence-corrected chi connectivity index (χ1v) is 11.7. The first-order chi connectivity index (χ1) is 17.3. The lowest BCUT2D eigenvalue weighted by Crippen LogP contribution is -2.62. The normalized spacial score (nSPS) is 13.8. The number of carbonyl (C=O) groups excluding carboxylic acids is 2. The van der Waals surface area contributed by atoms with Gasteiger partial charge in [-0.15, -0.1) is 0 Å². The summed E-state index contributed by atoms with van der Waals surface area (Å²) in [5.41, 5.74) is -0.588. The van der Waals surface area contributed by atoms with E-state index >= 15 is 0 Å². The minimum Gasteiger partial charge on any atom is -0.462 e. The molecule has 0 rings (SSSR count). The van der Waals surface area contributed by atoms with Crippen molar-refractivity contribution in [1.29, 1.82) is 0 Å². The molecule has 0 bridgehead atoms. The highest BCUT2D eigenvalue weighted by molar-refractivity contribution is 5.88. The van der Waals surface area contributed by atoms with Crippen LogP contribution in [0, 0.1) is 11.8 Å². The van der Waals surface area contributed by atoms with E-state index in [0.717, 1.165) is 6.92 Å². The van der Waals surface area contributed by atoms with Gasteiger partial charge in [0.1, 0.15) is 0 Å². The predicted octanol–water partition coefficient (Wildman–Crippen LogP) is 5.32. The Morgan fingerprint density at radius 1 is 0.789 bits per heavy atom. The monoisotopic (exact) mass is 570 g/mol. The molecule has 0 aromatic rings. The molecule has 14 heteroatoms. The summed E-state index contributed by atoms with van der Waals surface area (Å²) in [4.78, 5) is 23.7. The molecular formula is C24H34F8O6. The summed E-state index contributed by atoms with van der Waals surface area (Å²) in [5, 5.41) is 18.1. The van der Waals surface area contributed by atoms with Crippen molar-refractivity contribution in [2.75, 3.05) is 26.4 Å². The number of ether oxygens (including phenoxy) is 2. The molecular weight excluding hydrogens is 536 g/mol. The zero-order valence-corrected chi connectivity index (χ0v) is 21.2. The molecule has 0 aromatic carbocycles. The zero-order valence-electron chi connectivity index (χ0n) is 21.2. The Hall–Kier alpha value is -2.22. The second-order valence-electron chi connectivity index (χ2n) is 9.10. The minimum atomic E-state index is -6.53. The van der Waals surface area contributed by atoms with Gasteiger partial charge in [-0.25, -0.2) is 9.59 Å². The van der Waals surface area contributed by atoms with Gasteiger partial charge >= 0.3 is 35.6 Å². The Bertz CT molecular complexity index is 812. The van der Waals surface area contributed by atoms with Crippen LogP contribution < -0.4 is 0 Å². The molecule has 1 unspecified atom stereocenters. The summed E-state index contributed by atoms with van der Waals surface area (Å²) in [7, 11) is 0. The maximum atomic E-state index is 14.6. The highest BCUT2D eigenvalue weighted by atomic mass is 19.4. The Kier molecular flexibility index (Phi) is 13.9. The van der Waals surface area contributed by atoms with Gasteiger partial charge in [0.15, 0.2) is 0 Å². The molecule has 0 aliphatic heterocycles. The van der Waals surface area contributed by atoms with Crippen molar-refractivity contribution in [2.45, 2.75) is 76.1 Å². The molecule has 0 fully saturated rings. The van der Waals surface area contributed by atoms with Crippen LogP contribution in [0.25, 0.3) is 0 Å². The number of unbranched alkanes of at least 4 members (excludes halogenated alkanes) is 2. The lowest BCUT2D eigenvalue weighted by Gasteiger charge is -2.38. The van der Waals surface area contributed by atoms with E-state index in [0.29, 0.717) is 0 Å². The third-order valence-corrected chi connectivity index (χ3v) is 5.54. The van der Waals surface area contributed by atoms with E-state index in [4.69, 9.17) is 14.9 Å². The van der Waals surface area contributed by atoms with E-state index in [9.17, 15) is 44.7 Å². The molecule has 1 atom stereocenters. The minimum absolute atomic E-state index is 0.0161. The van der Waals surface area contributed by atoms with E-state index in [-0.39, 0.29) is 30.4 Å². The molecule has 0 aliphatic carbocycles. The molecule has 0 saturated heterocycles. The van der Waals surface area contributed by atoms with Gasteiger partial charge < -0.3 is 19.7 Å². The molecule has 0 aliphatic rings. The van der Waals surface area contributed by atoms with Crippen LogP contribution in [0.4, 0.5) is 35.1 Å². The Balaban J connectivity index is 5.81. The van der Waals surface area contributed by atoms with Crippen LogP contribution in [0.2, 0.25) is 0 Å². The third kappa shape index (κ3) is 9.51. The van der Waals surface area contributed by atoms with E-state index in [1.807, 2.05) is 0 Å². The summed E-state index contributed by atoms with van der Waals surface area (Å²) >= 11 is 0. The van der Waals surface area contributed by atoms with Gasteiger partial charge in [-0.05, 0) is 19.8 Å². The van der Waals surface area contributed by atoms with Crippen molar-refractivity contribution in [3.63, 3.8) is 0 Å². The van der Waals surface area contributed by atoms with Gasteiger partial charge in [-0.1, -0.05) is 32.9 Å². The van der Waals surface area contributed by atoms with Crippen molar-refractivity contribution >= 4 is 11.9 Å². The average Bonchev–Trinajstić information content (AvgIpc) is 2.82. The largest absolute Gasteiger partial charge is 0.462 e. The van der Waals surface area contributed by atoms with E-state index in [1.54, 1.807) is 0 Å². The molecule has 222 valence electrons. The van der Waals surface area contributed by atoms with Gasteiger partial charge in [0.2, 0.25) is 0 Å². The number of hydrogen-bond donors (Lipinski definition) is 2. The Labute approximate surface area is 215 Å². The maximum absolute atomic E-state index is 14.6. The fraction of sp³-hybridized carbons (Fsp3) is 0.750. The van der Waals surface area contributed by atoms with Gasteiger partial charge in [0.25, 0.3) is 0 Å². The molecule has 0 radical (unpaired) electrons. The number of hydrogen-bond acceptors (Lipinski definition) is 6. The van der Waals surface area contributed by atoms with Crippen LogP contribution in [-0.2, 0) is 19.1 Å². The van der Waals surface area contributed by atoms with Crippen LogP contribution in [0.5, 0.6) is 0 Å². The van der Waals surface area contributed by atoms with Gasteiger partial charge in [-0.3, -0.25) is 0 Å². The first kappa shape index (κ1) is 35.8. The topological polar surface area (TPSA) is 93.1 Å². The highest BCUT2D eigenvalue weighted by Gasteiger charge is 2.79. The molecule has 0 saturated carbocycles. The van der Waals surface area contributed by atoms with Crippen molar-refractivity contribution in [1.82, 2.24) is 0 Å². The number of halogens is 8. The number of alkyl halides is 8. The van der Waals surface area contributed by atoms with Crippen LogP contribution in [-0.4, -0.2) is 72.3 Å². The molecule has 38 heavy (non-hydrogen) atoms. The summed E-state index contributed by atoms with van der Waals surface area (Å²) in [6.45, 7) is 5.81. The summed E-state index contributed by atoms with van der Waals surface area (Å²) in [6, 6.07) is 0. The summed E-state index contributed by atoms with van der Waals surface area (Å²) in [5.74, 6) is -29.5. The van der Waals surface area contributed by atoms with Crippen molar-refractivity contribution < 1.29 is 64.4 Å². The molecule has 2 N–H and O–H groups in total. The lowest BCUT2D eigenvalue weighted by atomic mass is 9.90. The second-order valence-corrected chi connectivity index (χ2v) is 9.10. The molecule has 0 aromatic heterocycles. The van der Waals surface area contributed by atoms with Crippen molar-refractivity contribution in [2.24, 2.45) is 11.8 Å². The third-order valence-electron chi connectivity index (χ3n) is 5.54. The first-order valence-electron chi connectivity index (χ1n) is 11.7. The van der Waals surface area contributed by atoms with Gasteiger partial charge in [0.05, 0.1) is 13.2 Å². The number of rotatable bonds is 19. The van der Waals surface area contributed by atoms with E-state index < -0.39 is 93.2 Å². The SMILES string of the molecule is C=C(C)C(=O)OCC(COC(=O)C(=C)CC(CO)CO)CC(F)(F)C(F)(F)C(F)(F)C(F)(F)CCCCC. The summed E-state index contributed by atoms with van der Waals surface area (Å²) in [6.07, 6.45) is -4.61. The number of aliphatic hydroxyl groups is 2. The van der Waals surface area contributed by atoms with Crippen molar-refractivity contribution in [3.8, 4) is 0 Å². The van der Waals surface area contributed by atoms with Crippen LogP contribution in [0.1, 0.15) is 52.4 Å². The predicted molar refractivity (Wildman–Crippen MR) is 120 cm³/mol. The highest BCUT2D eigenvalue weighted by Crippen LogP contribution is 2.55. The lowest BCUT2D eigenvalue weighted by molar-refractivity contribution is -0.369. The van der Waals surface area contributed by atoms with Gasteiger partial charge in [-0.2, -0.15) is 35.1 Å². The van der Waals surface area contributed by atoms with Crippen LogP contribution in [0.3, 0.4) is 0 Å². The quantitative estimate of drug-likeness (QED) is 0.0945. The van der Waals surface area contributed by atoms with Crippen LogP contribution in [0.15, 0.2) is 24.3 Å². The van der Waals surface area contributed by atoms with Crippen LogP contribution >= 0.6 is 0 Å². The fourth-order valence-corrected chi connectivity index (χ4v) is 3.10. The maximum Gasteiger partial charge on any atom is 0.378 e. The Morgan fingerprint density at radius 2 is 1.26 bits per heavy atom. The van der Waals surface area contributed by atoms with E-state index in [2.05, 4.69) is 17.9 Å². The number of carbonyl (C=O) groups is 2. The standard InChI is InChI=1S/C24H34F8O6/c1-5-6-7-8-21(25,26)23(29,30)24(31,32)22(27,28)10-18(13-37-19(35)15(2)3)14-38-20(36)16(4)9-17(11-33)12-34/h17-18,33-34H,2,4-14H2,1,3H3. The van der Waals surface area contributed by atoms with E-state index in [1.165, 1.54) is 6.92 Å². The van der Waals surface area contributed by atoms with Gasteiger partial charge in [0, 0.05) is 49.0 Å². The number of esters is 2. The molecule has 0 spiro atoms. The molecule has 6 nitrogen and oxygen atoms in total. The fourth-order valence-electron chi connectivity index (χ4n) is 3.10. The zero-order chi connectivity index (χ0) is 29.9. The number of aliphatic hydroxyl groups excluding tert-OH is 2. The van der Waals surface area contributed by atoms with Crippen molar-refractivity contribution in [3.05, 3.63) is 24.3 Å².